The molecule has 1 amide bonds. The van der Waals surface area contributed by atoms with E-state index in [4.69, 9.17) is 11.6 Å². The molecule has 2 aromatic heterocycles. The van der Waals surface area contributed by atoms with Crippen molar-refractivity contribution in [1.82, 2.24) is 9.97 Å². The van der Waals surface area contributed by atoms with Crippen LogP contribution in [0.5, 0.6) is 0 Å². The number of pyridine rings is 2. The molecule has 25 heavy (non-hydrogen) atoms. The SMILES string of the molecule is C=C(F)/C=C\C(=C)CNc1ncccc1C(=O)Nc1ccc(Cl)cn1. The van der Waals surface area contributed by atoms with Gasteiger partial charge in [0.2, 0.25) is 0 Å². The molecule has 0 unspecified atom stereocenters. The monoisotopic (exact) mass is 358 g/mol. The molecule has 0 bridgehead atoms. The minimum atomic E-state index is -0.561. The van der Waals surface area contributed by atoms with Crippen molar-refractivity contribution in [1.29, 1.82) is 0 Å². The zero-order chi connectivity index (χ0) is 18.2. The maximum atomic E-state index is 12.6. The molecule has 2 heterocycles. The van der Waals surface area contributed by atoms with Crippen LogP contribution in [0.1, 0.15) is 10.4 Å². The van der Waals surface area contributed by atoms with E-state index in [0.29, 0.717) is 34.3 Å². The predicted octanol–water partition coefficient (Wildman–Crippen LogP) is 4.39. The van der Waals surface area contributed by atoms with E-state index in [-0.39, 0.29) is 5.91 Å². The van der Waals surface area contributed by atoms with Crippen LogP contribution < -0.4 is 10.6 Å². The maximum absolute atomic E-state index is 12.6. The van der Waals surface area contributed by atoms with Gasteiger partial charge in [-0.3, -0.25) is 4.79 Å². The van der Waals surface area contributed by atoms with E-state index >= 15 is 0 Å². The third-order valence-electron chi connectivity index (χ3n) is 3.00. The Hall–Kier alpha value is -2.99. The summed E-state index contributed by atoms with van der Waals surface area (Å²) in [7, 11) is 0. The molecule has 5 nitrogen and oxygen atoms in total. The van der Waals surface area contributed by atoms with Crippen LogP contribution in [0, 0.1) is 0 Å². The van der Waals surface area contributed by atoms with Gasteiger partial charge in [0.15, 0.2) is 0 Å². The van der Waals surface area contributed by atoms with Crippen LogP contribution in [0.3, 0.4) is 0 Å². The number of aromatic nitrogens is 2. The van der Waals surface area contributed by atoms with Gasteiger partial charge in [-0.05, 0) is 35.9 Å². The van der Waals surface area contributed by atoms with Crippen LogP contribution in [-0.4, -0.2) is 22.4 Å². The highest BCUT2D eigenvalue weighted by Crippen LogP contribution is 2.15. The molecular weight excluding hydrogens is 343 g/mol. The average molecular weight is 359 g/mol. The Balaban J connectivity index is 2.06. The van der Waals surface area contributed by atoms with Crippen molar-refractivity contribution in [2.24, 2.45) is 0 Å². The van der Waals surface area contributed by atoms with Crippen molar-refractivity contribution >= 4 is 29.1 Å². The third kappa shape index (κ3) is 5.86. The summed E-state index contributed by atoms with van der Waals surface area (Å²) < 4.78 is 12.6. The van der Waals surface area contributed by atoms with Crippen LogP contribution in [0.15, 0.2) is 73.4 Å². The van der Waals surface area contributed by atoms with Gasteiger partial charge in [-0.2, -0.15) is 0 Å². The van der Waals surface area contributed by atoms with Gasteiger partial charge in [0.1, 0.15) is 17.5 Å². The molecule has 0 saturated carbocycles. The summed E-state index contributed by atoms with van der Waals surface area (Å²) in [6.45, 7) is 7.21. The largest absolute Gasteiger partial charge is 0.365 e. The first kappa shape index (κ1) is 18.4. The molecule has 0 saturated heterocycles. The van der Waals surface area contributed by atoms with Crippen LogP contribution in [0.25, 0.3) is 0 Å². The van der Waals surface area contributed by atoms with Gasteiger partial charge in [-0.25, -0.2) is 14.4 Å². The van der Waals surface area contributed by atoms with Crippen LogP contribution in [0.2, 0.25) is 5.02 Å². The Kier molecular flexibility index (Phi) is 6.42. The standard InChI is InChI=1S/C18H16ClFN4O/c1-12(5-6-13(2)20)10-23-17-15(4-3-9-21-17)18(25)24-16-8-7-14(19)11-22-16/h3-9,11H,1-2,10H2,(H,21,23)(H,22,24,25)/b6-5-. The average Bonchev–Trinajstić information content (AvgIpc) is 2.60. The fraction of sp³-hybridized carbons (Fsp3) is 0.0556. The lowest BCUT2D eigenvalue weighted by molar-refractivity contribution is 0.102. The van der Waals surface area contributed by atoms with Crippen molar-refractivity contribution in [2.45, 2.75) is 0 Å². The molecule has 2 N–H and O–H groups in total. The highest BCUT2D eigenvalue weighted by atomic mass is 35.5. The molecule has 2 aromatic rings. The van der Waals surface area contributed by atoms with Gasteiger partial charge in [0.05, 0.1) is 10.6 Å². The number of nitrogens with zero attached hydrogens (tertiary/aromatic N) is 2. The lowest BCUT2D eigenvalue weighted by atomic mass is 10.2. The first-order valence-electron chi connectivity index (χ1n) is 7.28. The van der Waals surface area contributed by atoms with Crippen molar-refractivity contribution in [3.8, 4) is 0 Å². The number of hydrogen-bond acceptors (Lipinski definition) is 4. The van der Waals surface area contributed by atoms with Crippen molar-refractivity contribution in [3.63, 3.8) is 0 Å². The lowest BCUT2D eigenvalue weighted by Crippen LogP contribution is -2.17. The fourth-order valence-electron chi connectivity index (χ4n) is 1.83. The van der Waals surface area contributed by atoms with E-state index in [1.54, 1.807) is 30.5 Å². The molecule has 0 aliphatic rings. The molecule has 128 valence electrons. The topological polar surface area (TPSA) is 66.9 Å². The summed E-state index contributed by atoms with van der Waals surface area (Å²) in [5.41, 5.74) is 0.945. The van der Waals surface area contributed by atoms with E-state index in [9.17, 15) is 9.18 Å². The van der Waals surface area contributed by atoms with Crippen LogP contribution in [-0.2, 0) is 0 Å². The Morgan fingerprint density at radius 3 is 2.72 bits per heavy atom. The van der Waals surface area contributed by atoms with Gasteiger partial charge in [0.25, 0.3) is 5.91 Å². The third-order valence-corrected chi connectivity index (χ3v) is 3.23. The summed E-state index contributed by atoms with van der Waals surface area (Å²) in [5, 5.41) is 6.14. The Morgan fingerprint density at radius 2 is 2.04 bits per heavy atom. The Bertz CT molecular complexity index is 818. The smallest absolute Gasteiger partial charge is 0.260 e. The second-order valence-electron chi connectivity index (χ2n) is 5.01. The van der Waals surface area contributed by atoms with Gasteiger partial charge in [-0.1, -0.05) is 30.8 Å². The highest BCUT2D eigenvalue weighted by molar-refractivity contribution is 6.30. The first-order valence-corrected chi connectivity index (χ1v) is 7.65. The van der Waals surface area contributed by atoms with E-state index in [1.807, 2.05) is 0 Å². The number of rotatable bonds is 7. The molecule has 0 radical (unpaired) electrons. The van der Waals surface area contributed by atoms with Crippen molar-refractivity contribution in [3.05, 3.63) is 84.0 Å². The number of amides is 1. The Labute approximate surface area is 150 Å². The first-order chi connectivity index (χ1) is 12.0. The van der Waals surface area contributed by atoms with Gasteiger partial charge >= 0.3 is 0 Å². The summed E-state index contributed by atoms with van der Waals surface area (Å²) in [4.78, 5) is 20.6. The van der Waals surface area contributed by atoms with Gasteiger partial charge in [-0.15, -0.1) is 0 Å². The number of nitrogens with one attached hydrogen (secondary N) is 2. The molecule has 0 fully saturated rings. The van der Waals surface area contributed by atoms with Gasteiger partial charge < -0.3 is 10.6 Å². The fourth-order valence-corrected chi connectivity index (χ4v) is 1.94. The number of carbonyl (C=O) groups excluding carboxylic acids is 1. The molecule has 0 aromatic carbocycles. The zero-order valence-electron chi connectivity index (χ0n) is 13.3. The van der Waals surface area contributed by atoms with Crippen LogP contribution in [0.4, 0.5) is 16.0 Å². The summed E-state index contributed by atoms with van der Waals surface area (Å²) in [6.07, 6.45) is 5.70. The normalized spacial score (nSPS) is 10.5. The van der Waals surface area contributed by atoms with Gasteiger partial charge in [0, 0.05) is 18.9 Å². The lowest BCUT2D eigenvalue weighted by Gasteiger charge is -2.11. The minimum absolute atomic E-state index is 0.292. The molecule has 2 rings (SSSR count). The molecule has 0 atom stereocenters. The Morgan fingerprint density at radius 1 is 1.24 bits per heavy atom. The van der Waals surface area contributed by atoms with Crippen molar-refractivity contribution in [2.75, 3.05) is 17.2 Å². The summed E-state index contributed by atoms with van der Waals surface area (Å²) >= 11 is 5.77. The molecular formula is C18H16ClFN4O. The van der Waals surface area contributed by atoms with Crippen LogP contribution >= 0.6 is 11.6 Å². The minimum Gasteiger partial charge on any atom is -0.365 e. The maximum Gasteiger partial charge on any atom is 0.260 e. The number of carbonyl (C=O) groups is 1. The van der Waals surface area contributed by atoms with E-state index in [0.717, 1.165) is 0 Å². The summed E-state index contributed by atoms with van der Waals surface area (Å²) in [5.74, 6) is -0.182. The highest BCUT2D eigenvalue weighted by Gasteiger charge is 2.13. The second-order valence-corrected chi connectivity index (χ2v) is 5.44. The van der Waals surface area contributed by atoms with E-state index in [1.165, 1.54) is 18.3 Å². The van der Waals surface area contributed by atoms with E-state index in [2.05, 4.69) is 33.8 Å². The molecule has 7 heteroatoms. The van der Waals surface area contributed by atoms with Crippen molar-refractivity contribution < 1.29 is 9.18 Å². The predicted molar refractivity (Wildman–Crippen MR) is 98.5 cm³/mol. The zero-order valence-corrected chi connectivity index (χ0v) is 14.1. The van der Waals surface area contributed by atoms with E-state index < -0.39 is 5.83 Å². The molecule has 0 aliphatic carbocycles. The molecule has 0 spiro atoms. The number of allylic oxidation sites excluding steroid dienone is 2. The quantitative estimate of drug-likeness (QED) is 0.720. The summed E-state index contributed by atoms with van der Waals surface area (Å²) in [6, 6.07) is 6.50. The second kappa shape index (κ2) is 8.75. The molecule has 0 aliphatic heterocycles. The number of anilines is 2. The number of halogens is 2. The number of hydrogen-bond donors (Lipinski definition) is 2.